The first-order valence-corrected chi connectivity index (χ1v) is 12.9. The lowest BCUT2D eigenvalue weighted by Gasteiger charge is -2.54. The molecule has 0 radical (unpaired) electrons. The number of allylic oxidation sites excluding steroid dienone is 4. The zero-order valence-corrected chi connectivity index (χ0v) is 20.4. The minimum Gasteiger partial charge on any atom is -0.458 e. The summed E-state index contributed by atoms with van der Waals surface area (Å²) < 4.78 is 12.2. The van der Waals surface area contributed by atoms with Gasteiger partial charge in [-0.15, -0.1) is 0 Å². The molecule has 0 aromatic heterocycles. The van der Waals surface area contributed by atoms with Crippen LogP contribution in [0.1, 0.15) is 98.3 Å². The van der Waals surface area contributed by atoms with Crippen molar-refractivity contribution in [2.24, 2.45) is 23.2 Å². The molecule has 0 amide bonds. The second-order valence-corrected chi connectivity index (χ2v) is 12.3. The summed E-state index contributed by atoms with van der Waals surface area (Å²) in [6.07, 6.45) is 12.7. The number of fused-ring (bicyclic) bond motifs is 5. The number of esters is 1. The van der Waals surface area contributed by atoms with E-state index in [0.29, 0.717) is 36.4 Å². The molecule has 2 saturated carbocycles. The van der Waals surface area contributed by atoms with Crippen LogP contribution in [0.3, 0.4) is 0 Å². The van der Waals surface area contributed by atoms with E-state index in [1.165, 1.54) is 17.6 Å². The van der Waals surface area contributed by atoms with Gasteiger partial charge in [0.15, 0.2) is 5.78 Å². The molecule has 5 rings (SSSR count). The minimum absolute atomic E-state index is 0.00538. The molecule has 0 bridgehead atoms. The van der Waals surface area contributed by atoms with Crippen LogP contribution in [0.2, 0.25) is 0 Å². The van der Waals surface area contributed by atoms with Crippen molar-refractivity contribution in [1.29, 1.82) is 0 Å². The Labute approximate surface area is 193 Å². The summed E-state index contributed by atoms with van der Waals surface area (Å²) in [6.45, 7) is 9.59. The predicted molar refractivity (Wildman–Crippen MR) is 124 cm³/mol. The van der Waals surface area contributed by atoms with E-state index >= 15 is 0 Å². The Morgan fingerprint density at radius 1 is 1.09 bits per heavy atom. The van der Waals surface area contributed by atoms with Gasteiger partial charge in [0.1, 0.15) is 5.60 Å². The van der Waals surface area contributed by atoms with Crippen LogP contribution in [0.5, 0.6) is 0 Å². The van der Waals surface area contributed by atoms with E-state index in [2.05, 4.69) is 27.7 Å². The molecule has 3 fully saturated rings. The van der Waals surface area contributed by atoms with Crippen molar-refractivity contribution in [1.82, 2.24) is 0 Å². The number of hydrogen-bond donors (Lipinski definition) is 0. The van der Waals surface area contributed by atoms with E-state index in [1.807, 2.05) is 6.08 Å². The summed E-state index contributed by atoms with van der Waals surface area (Å²) in [6, 6.07) is 0. The monoisotopic (exact) mass is 440 g/mol. The van der Waals surface area contributed by atoms with Gasteiger partial charge in [-0.3, -0.25) is 9.59 Å². The summed E-state index contributed by atoms with van der Waals surface area (Å²) in [5.41, 5.74) is 4.24. The summed E-state index contributed by atoms with van der Waals surface area (Å²) in [4.78, 5) is 24.4. The lowest BCUT2D eigenvalue weighted by Crippen LogP contribution is -2.52. The Kier molecular flexibility index (Phi) is 5.47. The van der Waals surface area contributed by atoms with Gasteiger partial charge in [0.05, 0.1) is 5.60 Å². The van der Waals surface area contributed by atoms with Gasteiger partial charge in [-0.25, -0.2) is 0 Å². The summed E-state index contributed by atoms with van der Waals surface area (Å²) in [5, 5.41) is 0. The van der Waals surface area contributed by atoms with Crippen LogP contribution in [-0.2, 0) is 19.1 Å². The predicted octanol–water partition coefficient (Wildman–Crippen LogP) is 6.09. The molecule has 1 spiro atoms. The van der Waals surface area contributed by atoms with Crippen LogP contribution >= 0.6 is 0 Å². The minimum atomic E-state index is -0.246. The van der Waals surface area contributed by atoms with E-state index < -0.39 is 0 Å². The highest BCUT2D eigenvalue weighted by molar-refractivity contribution is 5.93. The van der Waals surface area contributed by atoms with Crippen LogP contribution in [0.15, 0.2) is 22.8 Å². The van der Waals surface area contributed by atoms with Crippen LogP contribution in [0.25, 0.3) is 0 Å². The molecule has 1 aliphatic heterocycles. The molecular formula is C28H40O4. The van der Waals surface area contributed by atoms with Crippen molar-refractivity contribution in [2.45, 2.75) is 110 Å². The number of hydrogen-bond acceptors (Lipinski definition) is 4. The topological polar surface area (TPSA) is 52.6 Å². The summed E-state index contributed by atoms with van der Waals surface area (Å²) in [5.74, 6) is 1.99. The molecule has 5 aliphatic rings. The van der Waals surface area contributed by atoms with Crippen molar-refractivity contribution in [3.05, 3.63) is 22.8 Å². The Morgan fingerprint density at radius 2 is 1.91 bits per heavy atom. The van der Waals surface area contributed by atoms with Gasteiger partial charge in [0.2, 0.25) is 0 Å². The van der Waals surface area contributed by atoms with Crippen LogP contribution in [0.4, 0.5) is 0 Å². The maximum atomic E-state index is 12.2. The van der Waals surface area contributed by atoms with E-state index in [4.69, 9.17) is 9.47 Å². The van der Waals surface area contributed by atoms with Crippen molar-refractivity contribution < 1.29 is 19.1 Å². The Morgan fingerprint density at radius 3 is 2.62 bits per heavy atom. The third kappa shape index (κ3) is 3.61. The summed E-state index contributed by atoms with van der Waals surface area (Å²) in [7, 11) is 0. The molecule has 176 valence electrons. The molecule has 4 heteroatoms. The molecule has 0 unspecified atom stereocenters. The Hall–Kier alpha value is -1.42. The van der Waals surface area contributed by atoms with Gasteiger partial charge in [-0.05, 0) is 114 Å². The molecule has 32 heavy (non-hydrogen) atoms. The SMILES string of the molecule is CC(C)(C)OCCC[C@H]1C[C@@]2(C)[C@@H](CC[C@@]23CCC(=O)O3)[C@@H]2CCC3=CC(=O)CCC3=C12. The highest BCUT2D eigenvalue weighted by atomic mass is 16.6. The summed E-state index contributed by atoms with van der Waals surface area (Å²) >= 11 is 0. The average molecular weight is 441 g/mol. The van der Waals surface area contributed by atoms with Gasteiger partial charge >= 0.3 is 5.97 Å². The van der Waals surface area contributed by atoms with Gasteiger partial charge in [-0.1, -0.05) is 12.5 Å². The molecule has 0 aromatic carbocycles. The third-order valence-corrected chi connectivity index (χ3v) is 9.41. The zero-order valence-electron chi connectivity index (χ0n) is 20.4. The largest absolute Gasteiger partial charge is 0.458 e. The first-order valence-electron chi connectivity index (χ1n) is 12.9. The number of ketones is 1. The highest BCUT2D eigenvalue weighted by Crippen LogP contribution is 2.68. The number of ether oxygens (including phenoxy) is 2. The van der Waals surface area contributed by atoms with Crippen molar-refractivity contribution >= 4 is 11.8 Å². The van der Waals surface area contributed by atoms with Gasteiger partial charge in [-0.2, -0.15) is 0 Å². The fourth-order valence-electron chi connectivity index (χ4n) is 8.08. The lowest BCUT2D eigenvalue weighted by atomic mass is 9.51. The third-order valence-electron chi connectivity index (χ3n) is 9.41. The molecule has 1 saturated heterocycles. The maximum absolute atomic E-state index is 12.2. The molecule has 1 heterocycles. The van der Waals surface area contributed by atoms with Crippen LogP contribution in [0, 0.1) is 23.2 Å². The van der Waals surface area contributed by atoms with E-state index in [-0.39, 0.29) is 22.6 Å². The van der Waals surface area contributed by atoms with E-state index in [9.17, 15) is 9.59 Å². The standard InChI is InChI=1S/C28H40O4/c1-26(2,3)31-15-5-6-19-17-27(4)23(11-13-28(27)14-12-24(30)32-28)22-9-7-18-16-20(29)8-10-21(18)25(19)22/h16,19,22-23H,5-15,17H2,1-4H3/t19-,22-,23-,27-,28+/m0/s1. The smallest absolute Gasteiger partial charge is 0.306 e. The van der Waals surface area contributed by atoms with Crippen LogP contribution < -0.4 is 0 Å². The molecular weight excluding hydrogens is 400 g/mol. The lowest BCUT2D eigenvalue weighted by molar-refractivity contribution is -0.163. The molecule has 0 aromatic rings. The Bertz CT molecular complexity index is 874. The Balaban J connectivity index is 1.48. The van der Waals surface area contributed by atoms with Crippen LogP contribution in [-0.4, -0.2) is 29.6 Å². The first kappa shape index (κ1) is 22.4. The molecule has 0 N–H and O–H groups in total. The van der Waals surface area contributed by atoms with Crippen molar-refractivity contribution in [3.63, 3.8) is 0 Å². The quantitative estimate of drug-likeness (QED) is 0.392. The fourth-order valence-corrected chi connectivity index (χ4v) is 8.08. The molecule has 4 nitrogen and oxygen atoms in total. The van der Waals surface area contributed by atoms with Gasteiger partial charge in [0, 0.05) is 24.9 Å². The second-order valence-electron chi connectivity index (χ2n) is 12.3. The van der Waals surface area contributed by atoms with E-state index in [0.717, 1.165) is 58.0 Å². The maximum Gasteiger partial charge on any atom is 0.306 e. The highest BCUT2D eigenvalue weighted by Gasteiger charge is 2.66. The molecule has 5 atom stereocenters. The molecule has 4 aliphatic carbocycles. The number of rotatable bonds is 4. The van der Waals surface area contributed by atoms with Crippen molar-refractivity contribution in [2.75, 3.05) is 6.61 Å². The van der Waals surface area contributed by atoms with Crippen molar-refractivity contribution in [3.8, 4) is 0 Å². The fraction of sp³-hybridized carbons (Fsp3) is 0.786. The zero-order chi connectivity index (χ0) is 22.7. The van der Waals surface area contributed by atoms with Gasteiger partial charge in [0.25, 0.3) is 0 Å². The van der Waals surface area contributed by atoms with E-state index in [1.54, 1.807) is 5.57 Å². The average Bonchev–Trinajstić information content (AvgIpc) is 3.24. The number of carbonyl (C=O) groups is 2. The normalized spacial score (nSPS) is 39.0. The first-order chi connectivity index (χ1) is 15.1. The number of carbonyl (C=O) groups excluding carboxylic acids is 2. The van der Waals surface area contributed by atoms with Gasteiger partial charge < -0.3 is 9.47 Å². The second kappa shape index (κ2) is 7.82.